The van der Waals surface area contributed by atoms with Gasteiger partial charge < -0.3 is 10.6 Å². The van der Waals surface area contributed by atoms with E-state index >= 15 is 0 Å². The molecule has 1 heterocycles. The number of rotatable bonds is 8. The van der Waals surface area contributed by atoms with Crippen molar-refractivity contribution in [3.05, 3.63) is 95.0 Å². The SMILES string of the molecule is CCc1ccc(NC(=O)NC(Cc2ccccc2)C(=O)Nc2nnc(-c3ccc(Cl)cc3)s2)cc1. The topological polar surface area (TPSA) is 96.0 Å². The number of urea groups is 1. The average Bonchev–Trinajstić information content (AvgIpc) is 3.33. The van der Waals surface area contributed by atoms with Crippen LogP contribution in [0.2, 0.25) is 5.02 Å². The third-order valence-corrected chi connectivity index (χ3v) is 6.41. The molecule has 178 valence electrons. The van der Waals surface area contributed by atoms with Gasteiger partial charge >= 0.3 is 6.03 Å². The highest BCUT2D eigenvalue weighted by Crippen LogP contribution is 2.27. The van der Waals surface area contributed by atoms with Crippen LogP contribution in [-0.4, -0.2) is 28.2 Å². The van der Waals surface area contributed by atoms with Crippen LogP contribution in [0.3, 0.4) is 0 Å². The standard InChI is InChI=1S/C26H24ClN5O2S/c1-2-17-8-14-21(15-9-17)28-25(34)29-22(16-18-6-4-3-5-7-18)23(33)30-26-32-31-24(35-26)19-10-12-20(27)13-11-19/h3-15,22H,2,16H2,1H3,(H2,28,29,34)(H,30,32,33). The fraction of sp³-hybridized carbons (Fsp3) is 0.154. The first-order valence-electron chi connectivity index (χ1n) is 11.1. The molecule has 0 aliphatic carbocycles. The van der Waals surface area contributed by atoms with Crippen molar-refractivity contribution in [3.8, 4) is 10.6 Å². The van der Waals surface area contributed by atoms with Crippen molar-refractivity contribution in [3.63, 3.8) is 0 Å². The number of halogens is 1. The van der Waals surface area contributed by atoms with Gasteiger partial charge in [0.2, 0.25) is 11.0 Å². The Morgan fingerprint density at radius 2 is 1.60 bits per heavy atom. The maximum absolute atomic E-state index is 13.1. The zero-order valence-electron chi connectivity index (χ0n) is 19.0. The summed E-state index contributed by atoms with van der Waals surface area (Å²) in [4.78, 5) is 25.8. The van der Waals surface area contributed by atoms with Gasteiger partial charge in [0.15, 0.2) is 0 Å². The summed E-state index contributed by atoms with van der Waals surface area (Å²) in [7, 11) is 0. The average molecular weight is 506 g/mol. The second kappa shape index (κ2) is 11.6. The Morgan fingerprint density at radius 3 is 2.29 bits per heavy atom. The van der Waals surface area contributed by atoms with E-state index in [9.17, 15) is 9.59 Å². The molecule has 4 rings (SSSR count). The van der Waals surface area contributed by atoms with Gasteiger partial charge in [-0.05, 0) is 41.8 Å². The molecule has 4 aromatic rings. The number of carbonyl (C=O) groups excluding carboxylic acids is 2. The number of benzene rings is 3. The molecule has 1 aromatic heterocycles. The van der Waals surface area contributed by atoms with Crippen LogP contribution in [0.4, 0.5) is 15.6 Å². The Hall–Kier alpha value is -3.75. The fourth-order valence-corrected chi connectivity index (χ4v) is 4.26. The minimum absolute atomic E-state index is 0.317. The molecule has 3 N–H and O–H groups in total. The second-order valence-electron chi connectivity index (χ2n) is 7.80. The summed E-state index contributed by atoms with van der Waals surface area (Å²) in [6, 6.07) is 23.0. The Morgan fingerprint density at radius 1 is 0.886 bits per heavy atom. The summed E-state index contributed by atoms with van der Waals surface area (Å²) >= 11 is 7.19. The van der Waals surface area contributed by atoms with E-state index in [0.717, 1.165) is 17.5 Å². The molecular formula is C26H24ClN5O2S. The van der Waals surface area contributed by atoms with Crippen molar-refractivity contribution in [2.24, 2.45) is 0 Å². The molecule has 0 bridgehead atoms. The minimum Gasteiger partial charge on any atom is -0.326 e. The largest absolute Gasteiger partial charge is 0.326 e. The molecule has 0 saturated heterocycles. The molecule has 1 unspecified atom stereocenters. The molecule has 0 aliphatic rings. The highest BCUT2D eigenvalue weighted by molar-refractivity contribution is 7.18. The van der Waals surface area contributed by atoms with E-state index in [1.54, 1.807) is 12.1 Å². The monoisotopic (exact) mass is 505 g/mol. The van der Waals surface area contributed by atoms with Crippen LogP contribution < -0.4 is 16.0 Å². The fourth-order valence-electron chi connectivity index (χ4n) is 3.38. The zero-order valence-corrected chi connectivity index (χ0v) is 20.6. The van der Waals surface area contributed by atoms with Crippen molar-refractivity contribution in [1.29, 1.82) is 0 Å². The van der Waals surface area contributed by atoms with Gasteiger partial charge in [-0.1, -0.05) is 84.5 Å². The number of aryl methyl sites for hydroxylation is 1. The van der Waals surface area contributed by atoms with Crippen molar-refractivity contribution in [2.75, 3.05) is 10.6 Å². The first-order chi connectivity index (χ1) is 17.0. The molecule has 9 heteroatoms. The Kier molecular flexibility index (Phi) is 8.07. The lowest BCUT2D eigenvalue weighted by Crippen LogP contribution is -2.46. The molecule has 3 aromatic carbocycles. The van der Waals surface area contributed by atoms with Crippen LogP contribution in [0.25, 0.3) is 10.6 Å². The number of amides is 3. The molecule has 1 atom stereocenters. The quantitative estimate of drug-likeness (QED) is 0.282. The van der Waals surface area contributed by atoms with E-state index < -0.39 is 12.1 Å². The summed E-state index contributed by atoms with van der Waals surface area (Å²) in [5.41, 5.74) is 3.59. The third kappa shape index (κ3) is 6.88. The number of hydrogen-bond donors (Lipinski definition) is 3. The predicted molar refractivity (Wildman–Crippen MR) is 141 cm³/mol. The summed E-state index contributed by atoms with van der Waals surface area (Å²) in [5.74, 6) is -0.385. The molecule has 3 amide bonds. The van der Waals surface area contributed by atoms with Gasteiger partial charge in [0, 0.05) is 22.7 Å². The number of hydrogen-bond acceptors (Lipinski definition) is 5. The van der Waals surface area contributed by atoms with Crippen LogP contribution in [0.5, 0.6) is 0 Å². The van der Waals surface area contributed by atoms with E-state index in [2.05, 4.69) is 33.1 Å². The first-order valence-corrected chi connectivity index (χ1v) is 12.3. The number of carbonyl (C=O) groups is 2. The van der Waals surface area contributed by atoms with Crippen molar-refractivity contribution in [2.45, 2.75) is 25.8 Å². The second-order valence-corrected chi connectivity index (χ2v) is 9.21. The van der Waals surface area contributed by atoms with E-state index in [1.165, 1.54) is 16.9 Å². The van der Waals surface area contributed by atoms with E-state index in [0.29, 0.717) is 27.3 Å². The molecule has 35 heavy (non-hydrogen) atoms. The summed E-state index contributed by atoms with van der Waals surface area (Å²) < 4.78 is 0. The highest BCUT2D eigenvalue weighted by Gasteiger charge is 2.23. The summed E-state index contributed by atoms with van der Waals surface area (Å²) in [6.07, 6.45) is 1.23. The van der Waals surface area contributed by atoms with Crippen LogP contribution in [0.1, 0.15) is 18.1 Å². The van der Waals surface area contributed by atoms with Gasteiger partial charge in [-0.25, -0.2) is 4.79 Å². The number of nitrogens with zero attached hydrogens (tertiary/aromatic N) is 2. The lowest BCUT2D eigenvalue weighted by atomic mass is 10.1. The van der Waals surface area contributed by atoms with Crippen molar-refractivity contribution < 1.29 is 9.59 Å². The van der Waals surface area contributed by atoms with Crippen LogP contribution in [0.15, 0.2) is 78.9 Å². The van der Waals surface area contributed by atoms with Crippen molar-refractivity contribution >= 4 is 45.7 Å². The minimum atomic E-state index is -0.824. The maximum atomic E-state index is 13.1. The van der Waals surface area contributed by atoms with Crippen LogP contribution >= 0.6 is 22.9 Å². The molecular weight excluding hydrogens is 482 g/mol. The van der Waals surface area contributed by atoms with Crippen molar-refractivity contribution in [1.82, 2.24) is 15.5 Å². The van der Waals surface area contributed by atoms with Gasteiger partial charge in [0.1, 0.15) is 11.0 Å². The summed E-state index contributed by atoms with van der Waals surface area (Å²) in [5, 5.41) is 18.2. The van der Waals surface area contributed by atoms with Gasteiger partial charge in [0.05, 0.1) is 0 Å². The highest BCUT2D eigenvalue weighted by atomic mass is 35.5. The lowest BCUT2D eigenvalue weighted by molar-refractivity contribution is -0.117. The summed E-state index contributed by atoms with van der Waals surface area (Å²) in [6.45, 7) is 2.07. The Balaban J connectivity index is 1.45. The van der Waals surface area contributed by atoms with Crippen LogP contribution in [-0.2, 0) is 17.6 Å². The Labute approximate surface area is 212 Å². The number of aromatic nitrogens is 2. The normalized spacial score (nSPS) is 11.5. The van der Waals surface area contributed by atoms with E-state index in [1.807, 2.05) is 66.7 Å². The molecule has 0 spiro atoms. The molecule has 0 aliphatic heterocycles. The van der Waals surface area contributed by atoms with Crippen LogP contribution in [0, 0.1) is 0 Å². The van der Waals surface area contributed by atoms with Gasteiger partial charge in [-0.2, -0.15) is 0 Å². The van der Waals surface area contributed by atoms with E-state index in [4.69, 9.17) is 11.6 Å². The van der Waals surface area contributed by atoms with Gasteiger partial charge in [0.25, 0.3) is 0 Å². The molecule has 7 nitrogen and oxygen atoms in total. The third-order valence-electron chi connectivity index (χ3n) is 5.27. The van der Waals surface area contributed by atoms with Gasteiger partial charge in [-0.3, -0.25) is 10.1 Å². The first kappa shape index (κ1) is 24.4. The zero-order chi connectivity index (χ0) is 24.6. The maximum Gasteiger partial charge on any atom is 0.319 e. The Bertz CT molecular complexity index is 1280. The predicted octanol–water partition coefficient (Wildman–Crippen LogP) is 5.79. The lowest BCUT2D eigenvalue weighted by Gasteiger charge is -2.18. The van der Waals surface area contributed by atoms with E-state index in [-0.39, 0.29) is 5.91 Å². The molecule has 0 fully saturated rings. The number of anilines is 2. The molecule has 0 saturated carbocycles. The number of nitrogens with one attached hydrogen (secondary N) is 3. The van der Waals surface area contributed by atoms with Gasteiger partial charge in [-0.15, -0.1) is 10.2 Å². The molecule has 0 radical (unpaired) electrons. The smallest absolute Gasteiger partial charge is 0.319 e.